The van der Waals surface area contributed by atoms with Gasteiger partial charge in [-0.05, 0) is 30.7 Å². The van der Waals surface area contributed by atoms with E-state index in [2.05, 4.69) is 10.2 Å². The molecule has 0 amide bonds. The molecule has 3 nitrogen and oxygen atoms in total. The molecule has 0 aliphatic rings. The third-order valence-electron chi connectivity index (χ3n) is 1.90. The van der Waals surface area contributed by atoms with Crippen LogP contribution in [0.15, 0.2) is 18.2 Å². The average molecular weight is 259 g/mol. The summed E-state index contributed by atoms with van der Waals surface area (Å²) in [5.41, 5.74) is 0.527. The number of halogens is 2. The summed E-state index contributed by atoms with van der Waals surface area (Å²) in [6.07, 6.45) is 0. The van der Waals surface area contributed by atoms with Gasteiger partial charge in [0.25, 0.3) is 5.19 Å². The minimum absolute atomic E-state index is 0.258. The van der Waals surface area contributed by atoms with Crippen molar-refractivity contribution in [3.05, 3.63) is 34.6 Å². The van der Waals surface area contributed by atoms with Gasteiger partial charge in [0, 0.05) is 0 Å². The molecule has 1 aromatic carbocycles. The summed E-state index contributed by atoms with van der Waals surface area (Å²) in [4.78, 5) is 0. The Morgan fingerprint density at radius 1 is 1.44 bits per heavy atom. The molecule has 0 unspecified atom stereocenters. The Bertz CT molecular complexity index is 503. The van der Waals surface area contributed by atoms with E-state index in [0.29, 0.717) is 27.4 Å². The molecule has 0 aliphatic carbocycles. The van der Waals surface area contributed by atoms with E-state index >= 15 is 0 Å². The molecule has 6 heteroatoms. The van der Waals surface area contributed by atoms with E-state index < -0.39 is 0 Å². The quantitative estimate of drug-likeness (QED) is 0.790. The number of rotatable bonds is 3. The zero-order valence-electron chi connectivity index (χ0n) is 8.41. The second kappa shape index (κ2) is 4.76. The van der Waals surface area contributed by atoms with Crippen molar-refractivity contribution in [3.8, 4) is 10.9 Å². The van der Waals surface area contributed by atoms with Crippen molar-refractivity contribution in [2.24, 2.45) is 0 Å². The molecular formula is C10H8ClFN2OS. The van der Waals surface area contributed by atoms with Gasteiger partial charge in [-0.3, -0.25) is 0 Å². The highest BCUT2D eigenvalue weighted by molar-refractivity contribution is 7.13. The molecule has 2 rings (SSSR count). The summed E-state index contributed by atoms with van der Waals surface area (Å²) in [6, 6.07) is 4.51. The summed E-state index contributed by atoms with van der Waals surface area (Å²) >= 11 is 6.86. The van der Waals surface area contributed by atoms with E-state index in [1.165, 1.54) is 17.4 Å². The lowest BCUT2D eigenvalue weighted by molar-refractivity contribution is 0.470. The van der Waals surface area contributed by atoms with Gasteiger partial charge in [0.05, 0.1) is 5.88 Å². The molecule has 1 heterocycles. The molecule has 0 saturated heterocycles. The van der Waals surface area contributed by atoms with Crippen LogP contribution in [0, 0.1) is 12.7 Å². The summed E-state index contributed by atoms with van der Waals surface area (Å²) in [5.74, 6) is 0.589. The van der Waals surface area contributed by atoms with Crippen molar-refractivity contribution >= 4 is 22.9 Å². The molecule has 0 radical (unpaired) electrons. The summed E-state index contributed by atoms with van der Waals surface area (Å²) in [7, 11) is 0. The van der Waals surface area contributed by atoms with E-state index in [0.717, 1.165) is 0 Å². The van der Waals surface area contributed by atoms with Crippen LogP contribution in [0.2, 0.25) is 0 Å². The van der Waals surface area contributed by atoms with E-state index in [1.54, 1.807) is 19.1 Å². The average Bonchev–Trinajstić information content (AvgIpc) is 2.71. The van der Waals surface area contributed by atoms with Gasteiger partial charge in [-0.1, -0.05) is 16.4 Å². The van der Waals surface area contributed by atoms with E-state index in [1.807, 2.05) is 0 Å². The van der Waals surface area contributed by atoms with Gasteiger partial charge < -0.3 is 4.74 Å². The van der Waals surface area contributed by atoms with Crippen LogP contribution in [0.5, 0.6) is 10.9 Å². The number of nitrogens with zero attached hydrogens (tertiary/aromatic N) is 2. The Hall–Kier alpha value is -1.20. The number of hydrogen-bond acceptors (Lipinski definition) is 4. The van der Waals surface area contributed by atoms with E-state index in [9.17, 15) is 4.39 Å². The molecule has 0 fully saturated rings. The molecule has 0 atom stereocenters. The van der Waals surface area contributed by atoms with Crippen molar-refractivity contribution in [3.63, 3.8) is 0 Å². The largest absolute Gasteiger partial charge is 0.430 e. The maximum absolute atomic E-state index is 13.0. The smallest absolute Gasteiger partial charge is 0.299 e. The van der Waals surface area contributed by atoms with Crippen LogP contribution >= 0.6 is 22.9 Å². The number of benzene rings is 1. The Morgan fingerprint density at radius 3 is 2.88 bits per heavy atom. The molecule has 0 bridgehead atoms. The molecule has 2 aromatic rings. The highest BCUT2D eigenvalue weighted by Gasteiger charge is 2.06. The van der Waals surface area contributed by atoms with Crippen molar-refractivity contribution < 1.29 is 9.13 Å². The number of aromatic nitrogens is 2. The lowest BCUT2D eigenvalue weighted by atomic mass is 10.2. The Labute approximate surface area is 101 Å². The third kappa shape index (κ3) is 2.48. The van der Waals surface area contributed by atoms with Gasteiger partial charge >= 0.3 is 0 Å². The summed E-state index contributed by atoms with van der Waals surface area (Å²) < 4.78 is 18.4. The minimum Gasteiger partial charge on any atom is -0.430 e. The Balaban J connectivity index is 2.17. The SMILES string of the molecule is Cc1cc(Oc2nnc(CCl)s2)ccc1F. The predicted octanol–water partition coefficient (Wildman–Crippen LogP) is 3.52. The number of aryl methyl sites for hydroxylation is 1. The Morgan fingerprint density at radius 2 is 2.25 bits per heavy atom. The van der Waals surface area contributed by atoms with Crippen LogP contribution in [0.25, 0.3) is 0 Å². The van der Waals surface area contributed by atoms with Crippen LogP contribution in [0.3, 0.4) is 0 Å². The standard InChI is InChI=1S/C10H8ClFN2OS/c1-6-4-7(2-3-8(6)12)15-10-14-13-9(5-11)16-10/h2-4H,5H2,1H3. The second-order valence-electron chi connectivity index (χ2n) is 3.11. The van der Waals surface area contributed by atoms with E-state index in [4.69, 9.17) is 16.3 Å². The lowest BCUT2D eigenvalue weighted by Crippen LogP contribution is -1.86. The molecule has 0 N–H and O–H groups in total. The second-order valence-corrected chi connectivity index (χ2v) is 4.40. The topological polar surface area (TPSA) is 35.0 Å². The highest BCUT2D eigenvalue weighted by atomic mass is 35.5. The maximum Gasteiger partial charge on any atom is 0.299 e. The van der Waals surface area contributed by atoms with Gasteiger partial charge in [0.15, 0.2) is 0 Å². The van der Waals surface area contributed by atoms with Crippen molar-refractivity contribution in [2.45, 2.75) is 12.8 Å². The van der Waals surface area contributed by atoms with Crippen LogP contribution in [-0.2, 0) is 5.88 Å². The summed E-state index contributed by atoms with van der Waals surface area (Å²) in [5, 5.41) is 8.71. The van der Waals surface area contributed by atoms with Gasteiger partial charge in [-0.25, -0.2) is 4.39 Å². The lowest BCUT2D eigenvalue weighted by Gasteiger charge is -2.02. The molecule has 84 valence electrons. The van der Waals surface area contributed by atoms with Gasteiger partial charge in [-0.15, -0.1) is 16.7 Å². The summed E-state index contributed by atoms with van der Waals surface area (Å²) in [6.45, 7) is 1.67. The molecule has 0 spiro atoms. The molecule has 0 saturated carbocycles. The fourth-order valence-corrected chi connectivity index (χ4v) is 1.89. The molecule has 0 aliphatic heterocycles. The van der Waals surface area contributed by atoms with Crippen molar-refractivity contribution in [1.82, 2.24) is 10.2 Å². The fraction of sp³-hybridized carbons (Fsp3) is 0.200. The first kappa shape index (κ1) is 11.3. The van der Waals surface area contributed by atoms with Gasteiger partial charge in [0.2, 0.25) is 0 Å². The minimum atomic E-state index is -0.258. The van der Waals surface area contributed by atoms with Crippen LogP contribution in [0.4, 0.5) is 4.39 Å². The Kier molecular flexibility index (Phi) is 3.36. The van der Waals surface area contributed by atoms with Crippen molar-refractivity contribution in [2.75, 3.05) is 0 Å². The van der Waals surface area contributed by atoms with Crippen LogP contribution in [0.1, 0.15) is 10.6 Å². The van der Waals surface area contributed by atoms with Crippen molar-refractivity contribution in [1.29, 1.82) is 0 Å². The molecule has 1 aromatic heterocycles. The normalized spacial score (nSPS) is 10.4. The zero-order chi connectivity index (χ0) is 11.5. The zero-order valence-corrected chi connectivity index (χ0v) is 9.98. The van der Waals surface area contributed by atoms with Crippen LogP contribution < -0.4 is 4.74 Å². The maximum atomic E-state index is 13.0. The third-order valence-corrected chi connectivity index (χ3v) is 3.11. The fourth-order valence-electron chi connectivity index (χ4n) is 1.11. The van der Waals surface area contributed by atoms with Crippen LogP contribution in [-0.4, -0.2) is 10.2 Å². The monoisotopic (exact) mass is 258 g/mol. The first-order valence-electron chi connectivity index (χ1n) is 4.51. The predicted molar refractivity (Wildman–Crippen MR) is 60.7 cm³/mol. The van der Waals surface area contributed by atoms with E-state index in [-0.39, 0.29) is 5.82 Å². The number of hydrogen-bond donors (Lipinski definition) is 0. The first-order valence-corrected chi connectivity index (χ1v) is 5.86. The number of alkyl halides is 1. The molecule has 16 heavy (non-hydrogen) atoms. The molecular weight excluding hydrogens is 251 g/mol. The first-order chi connectivity index (χ1) is 7.69. The van der Waals surface area contributed by atoms with Gasteiger partial charge in [-0.2, -0.15) is 0 Å². The highest BCUT2D eigenvalue weighted by Crippen LogP contribution is 2.26. The number of ether oxygens (including phenoxy) is 1. The van der Waals surface area contributed by atoms with Gasteiger partial charge in [0.1, 0.15) is 16.6 Å².